The van der Waals surface area contributed by atoms with Crippen LogP contribution in [-0.4, -0.2) is 78.9 Å². The Morgan fingerprint density at radius 2 is 1.86 bits per heavy atom. The molecule has 2 aliphatic rings. The molecule has 2 saturated heterocycles. The number of nitrogens with zero attached hydrogens (tertiary/aromatic N) is 2. The van der Waals surface area contributed by atoms with Gasteiger partial charge in [0.25, 0.3) is 5.91 Å². The Labute approximate surface area is 203 Å². The van der Waals surface area contributed by atoms with Gasteiger partial charge in [0.15, 0.2) is 0 Å². The highest BCUT2D eigenvalue weighted by Crippen LogP contribution is 2.20. The molecule has 0 spiro atoms. The molecule has 2 atom stereocenters. The SMILES string of the molecule is COc1cccc(NC(=O)N2CCN(C(=O)c3ccccc3)[C@H](C(=O)N[C@H]3CCCNC3=O)C2)c1. The maximum Gasteiger partial charge on any atom is 0.321 e. The summed E-state index contributed by atoms with van der Waals surface area (Å²) < 4.78 is 5.20. The first-order valence-electron chi connectivity index (χ1n) is 11.6. The number of piperazine rings is 1. The van der Waals surface area contributed by atoms with E-state index in [-0.39, 0.29) is 31.4 Å². The molecular formula is C25H29N5O5. The summed E-state index contributed by atoms with van der Waals surface area (Å²) >= 11 is 0. The van der Waals surface area contributed by atoms with Crippen molar-refractivity contribution in [3.63, 3.8) is 0 Å². The van der Waals surface area contributed by atoms with Crippen molar-refractivity contribution in [2.24, 2.45) is 0 Å². The fourth-order valence-electron chi connectivity index (χ4n) is 4.26. The van der Waals surface area contributed by atoms with Gasteiger partial charge in [-0.25, -0.2) is 4.79 Å². The molecule has 0 bridgehead atoms. The fraction of sp³-hybridized carbons (Fsp3) is 0.360. The van der Waals surface area contributed by atoms with Crippen molar-refractivity contribution in [2.75, 3.05) is 38.6 Å². The lowest BCUT2D eigenvalue weighted by Gasteiger charge is -2.41. The van der Waals surface area contributed by atoms with E-state index in [1.165, 1.54) is 9.80 Å². The summed E-state index contributed by atoms with van der Waals surface area (Å²) in [5.74, 6) is -0.403. The van der Waals surface area contributed by atoms with E-state index in [1.54, 1.807) is 55.6 Å². The summed E-state index contributed by atoms with van der Waals surface area (Å²) in [5.41, 5.74) is 1.01. The van der Waals surface area contributed by atoms with Gasteiger partial charge < -0.3 is 30.5 Å². The molecule has 35 heavy (non-hydrogen) atoms. The number of nitrogens with one attached hydrogen (secondary N) is 3. The topological polar surface area (TPSA) is 120 Å². The summed E-state index contributed by atoms with van der Waals surface area (Å²) in [6.45, 7) is 0.996. The van der Waals surface area contributed by atoms with Crippen molar-refractivity contribution < 1.29 is 23.9 Å². The van der Waals surface area contributed by atoms with E-state index in [0.717, 1.165) is 6.42 Å². The molecule has 3 N–H and O–H groups in total. The molecule has 2 heterocycles. The number of ether oxygens (including phenoxy) is 1. The zero-order valence-electron chi connectivity index (χ0n) is 19.5. The number of hydrogen-bond acceptors (Lipinski definition) is 5. The van der Waals surface area contributed by atoms with Crippen LogP contribution >= 0.6 is 0 Å². The molecule has 2 aromatic rings. The predicted molar refractivity (Wildman–Crippen MR) is 129 cm³/mol. The number of urea groups is 1. The summed E-state index contributed by atoms with van der Waals surface area (Å²) in [7, 11) is 1.54. The predicted octanol–water partition coefficient (Wildman–Crippen LogP) is 1.45. The van der Waals surface area contributed by atoms with Gasteiger partial charge in [0.1, 0.15) is 17.8 Å². The van der Waals surface area contributed by atoms with Crippen LogP contribution in [0.25, 0.3) is 0 Å². The van der Waals surface area contributed by atoms with Crippen LogP contribution in [0.4, 0.5) is 10.5 Å². The summed E-state index contributed by atoms with van der Waals surface area (Å²) in [5, 5.41) is 8.34. The van der Waals surface area contributed by atoms with Crippen LogP contribution in [0, 0.1) is 0 Å². The third kappa shape index (κ3) is 5.71. The third-order valence-corrected chi connectivity index (χ3v) is 6.17. The average Bonchev–Trinajstić information content (AvgIpc) is 2.89. The molecule has 0 radical (unpaired) electrons. The first kappa shape index (κ1) is 24.1. The second kappa shape index (κ2) is 10.9. The Morgan fingerprint density at radius 1 is 1.06 bits per heavy atom. The van der Waals surface area contributed by atoms with Crippen LogP contribution in [0.15, 0.2) is 54.6 Å². The standard InChI is InChI=1S/C25H29N5O5/c1-35-19-10-5-9-18(15-19)27-25(34)29-13-14-30(24(33)17-7-3-2-4-8-17)21(16-29)23(32)28-20-11-6-12-26-22(20)31/h2-5,7-10,15,20-21H,6,11-14,16H2,1H3,(H,26,31)(H,27,34)(H,28,32)/t20-,21-/m0/s1. The number of benzene rings is 2. The minimum atomic E-state index is -0.942. The van der Waals surface area contributed by atoms with Gasteiger partial charge >= 0.3 is 6.03 Å². The number of amides is 5. The summed E-state index contributed by atoms with van der Waals surface area (Å²) in [4.78, 5) is 54.7. The zero-order chi connectivity index (χ0) is 24.8. The van der Waals surface area contributed by atoms with Crippen LogP contribution in [0.3, 0.4) is 0 Å². The van der Waals surface area contributed by atoms with Gasteiger partial charge in [-0.15, -0.1) is 0 Å². The van der Waals surface area contributed by atoms with Crippen LogP contribution < -0.4 is 20.7 Å². The average molecular weight is 480 g/mol. The van der Waals surface area contributed by atoms with E-state index in [2.05, 4.69) is 16.0 Å². The first-order valence-corrected chi connectivity index (χ1v) is 11.6. The highest BCUT2D eigenvalue weighted by Gasteiger charge is 2.39. The molecule has 0 unspecified atom stereocenters. The van der Waals surface area contributed by atoms with E-state index < -0.39 is 24.0 Å². The molecule has 184 valence electrons. The van der Waals surface area contributed by atoms with Gasteiger partial charge in [-0.3, -0.25) is 14.4 Å². The molecule has 5 amide bonds. The Hall–Kier alpha value is -4.08. The second-order valence-corrected chi connectivity index (χ2v) is 8.48. The molecular weight excluding hydrogens is 450 g/mol. The number of carbonyl (C=O) groups excluding carboxylic acids is 4. The third-order valence-electron chi connectivity index (χ3n) is 6.17. The minimum absolute atomic E-state index is 0.00541. The van der Waals surface area contributed by atoms with Gasteiger partial charge in [0.2, 0.25) is 11.8 Å². The van der Waals surface area contributed by atoms with Gasteiger partial charge in [-0.2, -0.15) is 0 Å². The first-order chi connectivity index (χ1) is 17.0. The molecule has 2 aliphatic heterocycles. The molecule has 4 rings (SSSR count). The molecule has 2 aromatic carbocycles. The number of hydrogen-bond donors (Lipinski definition) is 3. The normalized spacial score (nSPS) is 20.0. The van der Waals surface area contributed by atoms with Crippen molar-refractivity contribution >= 4 is 29.4 Å². The zero-order valence-corrected chi connectivity index (χ0v) is 19.5. The monoisotopic (exact) mass is 479 g/mol. The van der Waals surface area contributed by atoms with Gasteiger partial charge in [0.05, 0.1) is 13.7 Å². The lowest BCUT2D eigenvalue weighted by Crippen LogP contribution is -2.64. The Kier molecular flexibility index (Phi) is 7.49. The Balaban J connectivity index is 1.51. The van der Waals surface area contributed by atoms with E-state index in [4.69, 9.17) is 4.74 Å². The Morgan fingerprint density at radius 3 is 2.60 bits per heavy atom. The van der Waals surface area contributed by atoms with Crippen molar-refractivity contribution in [3.05, 3.63) is 60.2 Å². The molecule has 2 fully saturated rings. The lowest BCUT2D eigenvalue weighted by molar-refractivity contribution is -0.133. The maximum atomic E-state index is 13.3. The smallest absolute Gasteiger partial charge is 0.321 e. The minimum Gasteiger partial charge on any atom is -0.497 e. The summed E-state index contributed by atoms with van der Waals surface area (Å²) in [6, 6.07) is 13.7. The number of piperidine rings is 1. The van der Waals surface area contributed by atoms with Gasteiger partial charge in [0, 0.05) is 37.0 Å². The lowest BCUT2D eigenvalue weighted by atomic mass is 10.0. The number of methoxy groups -OCH3 is 1. The Bertz CT molecular complexity index is 1090. The molecule has 10 heteroatoms. The van der Waals surface area contributed by atoms with Crippen molar-refractivity contribution in [1.29, 1.82) is 0 Å². The molecule has 0 saturated carbocycles. The van der Waals surface area contributed by atoms with E-state index in [9.17, 15) is 19.2 Å². The van der Waals surface area contributed by atoms with E-state index >= 15 is 0 Å². The summed E-state index contributed by atoms with van der Waals surface area (Å²) in [6.07, 6.45) is 1.28. The second-order valence-electron chi connectivity index (χ2n) is 8.48. The van der Waals surface area contributed by atoms with Crippen LogP contribution in [0.5, 0.6) is 5.75 Å². The fourth-order valence-corrected chi connectivity index (χ4v) is 4.26. The number of rotatable bonds is 5. The van der Waals surface area contributed by atoms with Crippen LogP contribution in [-0.2, 0) is 9.59 Å². The quantitative estimate of drug-likeness (QED) is 0.600. The van der Waals surface area contributed by atoms with Crippen molar-refractivity contribution in [1.82, 2.24) is 20.4 Å². The van der Waals surface area contributed by atoms with Crippen LogP contribution in [0.2, 0.25) is 0 Å². The molecule has 10 nitrogen and oxygen atoms in total. The molecule has 0 aromatic heterocycles. The highest BCUT2D eigenvalue weighted by molar-refractivity contribution is 5.99. The maximum absolute atomic E-state index is 13.3. The number of carbonyl (C=O) groups is 4. The van der Waals surface area contributed by atoms with E-state index in [1.807, 2.05) is 6.07 Å². The van der Waals surface area contributed by atoms with Crippen molar-refractivity contribution in [3.8, 4) is 5.75 Å². The number of anilines is 1. The highest BCUT2D eigenvalue weighted by atomic mass is 16.5. The van der Waals surface area contributed by atoms with Crippen LogP contribution in [0.1, 0.15) is 23.2 Å². The van der Waals surface area contributed by atoms with Gasteiger partial charge in [-0.05, 0) is 37.1 Å². The van der Waals surface area contributed by atoms with Crippen molar-refractivity contribution in [2.45, 2.75) is 24.9 Å². The van der Waals surface area contributed by atoms with E-state index in [0.29, 0.717) is 30.0 Å². The molecule has 0 aliphatic carbocycles. The van der Waals surface area contributed by atoms with Gasteiger partial charge in [-0.1, -0.05) is 24.3 Å². The largest absolute Gasteiger partial charge is 0.497 e.